The Hall–Kier alpha value is -2.44. The van der Waals surface area contributed by atoms with Gasteiger partial charge in [-0.05, 0) is 13.8 Å². The minimum absolute atomic E-state index is 0.0908. The van der Waals surface area contributed by atoms with Gasteiger partial charge < -0.3 is 9.67 Å². The van der Waals surface area contributed by atoms with Crippen molar-refractivity contribution in [3.8, 4) is 5.82 Å². The molecular formula is C11H12N4O3. The molecule has 0 saturated heterocycles. The third-order valence-electron chi connectivity index (χ3n) is 2.70. The fraction of sp³-hybridized carbons (Fsp3) is 0.273. The Labute approximate surface area is 102 Å². The summed E-state index contributed by atoms with van der Waals surface area (Å²) in [5.74, 6) is -0.975. The molecule has 2 aromatic rings. The summed E-state index contributed by atoms with van der Waals surface area (Å²) in [7, 11) is 1.59. The zero-order chi connectivity index (χ0) is 13.4. The molecule has 7 heteroatoms. The lowest BCUT2D eigenvalue weighted by Gasteiger charge is -2.04. The Kier molecular flexibility index (Phi) is 2.74. The first-order valence-corrected chi connectivity index (χ1v) is 5.25. The van der Waals surface area contributed by atoms with Crippen LogP contribution >= 0.6 is 0 Å². The molecule has 18 heavy (non-hydrogen) atoms. The fourth-order valence-corrected chi connectivity index (χ4v) is 1.79. The van der Waals surface area contributed by atoms with Crippen molar-refractivity contribution < 1.29 is 9.90 Å². The summed E-state index contributed by atoms with van der Waals surface area (Å²) in [4.78, 5) is 26.9. The summed E-state index contributed by atoms with van der Waals surface area (Å²) in [5, 5.41) is 13.1. The summed E-state index contributed by atoms with van der Waals surface area (Å²) in [6.07, 6.45) is 2.99. The van der Waals surface area contributed by atoms with E-state index in [0.717, 1.165) is 0 Å². The van der Waals surface area contributed by atoms with E-state index in [4.69, 9.17) is 5.11 Å². The molecule has 0 unspecified atom stereocenters. The van der Waals surface area contributed by atoms with Gasteiger partial charge in [-0.2, -0.15) is 5.10 Å². The van der Waals surface area contributed by atoms with Crippen LogP contribution in [0.25, 0.3) is 5.82 Å². The molecule has 2 rings (SSSR count). The Morgan fingerprint density at radius 2 is 2.06 bits per heavy atom. The second-order valence-electron chi connectivity index (χ2n) is 3.93. The van der Waals surface area contributed by atoms with Gasteiger partial charge >= 0.3 is 5.97 Å². The summed E-state index contributed by atoms with van der Waals surface area (Å²) in [5.41, 5.74) is 0.506. The van der Waals surface area contributed by atoms with Crippen LogP contribution in [0.1, 0.15) is 21.7 Å². The highest BCUT2D eigenvalue weighted by molar-refractivity contribution is 5.90. The largest absolute Gasteiger partial charge is 0.478 e. The summed E-state index contributed by atoms with van der Waals surface area (Å²) in [6.45, 7) is 3.18. The topological polar surface area (TPSA) is 90.0 Å². The lowest BCUT2D eigenvalue weighted by molar-refractivity contribution is 0.0695. The molecule has 0 aromatic carbocycles. The molecule has 0 bridgehead atoms. The maximum Gasteiger partial charge on any atom is 0.339 e. The van der Waals surface area contributed by atoms with Gasteiger partial charge in [-0.3, -0.25) is 4.79 Å². The predicted molar refractivity (Wildman–Crippen MR) is 63.0 cm³/mol. The summed E-state index contributed by atoms with van der Waals surface area (Å²) < 4.78 is 2.63. The molecule has 0 aliphatic heterocycles. The number of carboxylic acids is 1. The Bertz CT molecular complexity index is 684. The van der Waals surface area contributed by atoms with Crippen LogP contribution < -0.4 is 5.56 Å². The number of carbonyl (C=O) groups is 1. The first-order chi connectivity index (χ1) is 8.43. The molecular weight excluding hydrogens is 236 g/mol. The first kappa shape index (κ1) is 12.0. The lowest BCUT2D eigenvalue weighted by Crippen LogP contribution is -2.24. The molecule has 0 radical (unpaired) electrons. The van der Waals surface area contributed by atoms with Gasteiger partial charge in [0.2, 0.25) is 5.82 Å². The smallest absolute Gasteiger partial charge is 0.339 e. The zero-order valence-electron chi connectivity index (χ0n) is 10.2. The van der Waals surface area contributed by atoms with Crippen LogP contribution in [0.3, 0.4) is 0 Å². The normalized spacial score (nSPS) is 10.6. The average Bonchev–Trinajstić information content (AvgIpc) is 2.58. The van der Waals surface area contributed by atoms with Gasteiger partial charge in [-0.25, -0.2) is 14.5 Å². The van der Waals surface area contributed by atoms with Crippen LogP contribution in [-0.2, 0) is 7.05 Å². The van der Waals surface area contributed by atoms with E-state index in [2.05, 4.69) is 10.1 Å². The van der Waals surface area contributed by atoms with Crippen LogP contribution in [0.5, 0.6) is 0 Å². The molecule has 0 atom stereocenters. The van der Waals surface area contributed by atoms with Crippen molar-refractivity contribution in [1.29, 1.82) is 0 Å². The Morgan fingerprint density at radius 1 is 1.39 bits per heavy atom. The standard InChI is InChI=1S/C11H12N4O3/c1-6-8(11(17)18)7(2)15(13-6)9-10(16)14(3)5-4-12-9/h4-5H,1-3H3,(H,17,18). The number of rotatable bonds is 2. The molecule has 0 fully saturated rings. The van der Waals surface area contributed by atoms with E-state index in [1.54, 1.807) is 20.9 Å². The van der Waals surface area contributed by atoms with Crippen LogP contribution in [0.4, 0.5) is 0 Å². The third kappa shape index (κ3) is 1.69. The molecule has 0 aliphatic rings. The van der Waals surface area contributed by atoms with Gasteiger partial charge in [0.15, 0.2) is 0 Å². The van der Waals surface area contributed by atoms with E-state index in [0.29, 0.717) is 11.4 Å². The van der Waals surface area contributed by atoms with Crippen molar-refractivity contribution in [2.45, 2.75) is 13.8 Å². The van der Waals surface area contributed by atoms with E-state index in [-0.39, 0.29) is 16.9 Å². The Morgan fingerprint density at radius 3 is 2.61 bits per heavy atom. The maximum absolute atomic E-state index is 11.9. The molecule has 7 nitrogen and oxygen atoms in total. The number of hydrogen-bond acceptors (Lipinski definition) is 4. The molecule has 2 heterocycles. The minimum atomic E-state index is -1.07. The number of nitrogens with zero attached hydrogens (tertiary/aromatic N) is 4. The zero-order valence-corrected chi connectivity index (χ0v) is 10.2. The van der Waals surface area contributed by atoms with Gasteiger partial charge in [0.25, 0.3) is 5.56 Å². The van der Waals surface area contributed by atoms with Gasteiger partial charge in [0, 0.05) is 19.4 Å². The highest BCUT2D eigenvalue weighted by Crippen LogP contribution is 2.14. The van der Waals surface area contributed by atoms with Crippen molar-refractivity contribution in [2.75, 3.05) is 0 Å². The van der Waals surface area contributed by atoms with Crippen molar-refractivity contribution in [2.24, 2.45) is 7.05 Å². The van der Waals surface area contributed by atoms with Gasteiger partial charge in [0.1, 0.15) is 5.56 Å². The fourth-order valence-electron chi connectivity index (χ4n) is 1.79. The van der Waals surface area contributed by atoms with E-state index in [9.17, 15) is 9.59 Å². The number of aromatic nitrogens is 4. The summed E-state index contributed by atoms with van der Waals surface area (Å²) in [6, 6.07) is 0. The van der Waals surface area contributed by atoms with Crippen molar-refractivity contribution in [3.63, 3.8) is 0 Å². The molecule has 2 aromatic heterocycles. The van der Waals surface area contributed by atoms with Crippen LogP contribution in [-0.4, -0.2) is 30.4 Å². The number of aromatic carboxylic acids is 1. The van der Waals surface area contributed by atoms with Crippen molar-refractivity contribution >= 4 is 5.97 Å². The van der Waals surface area contributed by atoms with Crippen molar-refractivity contribution in [1.82, 2.24) is 19.3 Å². The first-order valence-electron chi connectivity index (χ1n) is 5.25. The lowest BCUT2D eigenvalue weighted by atomic mass is 10.2. The highest BCUT2D eigenvalue weighted by atomic mass is 16.4. The monoisotopic (exact) mass is 248 g/mol. The van der Waals surface area contributed by atoms with E-state index < -0.39 is 5.97 Å². The number of hydrogen-bond donors (Lipinski definition) is 1. The summed E-state index contributed by atoms with van der Waals surface area (Å²) >= 11 is 0. The molecule has 0 saturated carbocycles. The van der Waals surface area contributed by atoms with E-state index in [1.807, 2.05) is 0 Å². The van der Waals surface area contributed by atoms with Gasteiger partial charge in [-0.15, -0.1) is 0 Å². The molecule has 0 aliphatic carbocycles. The van der Waals surface area contributed by atoms with Gasteiger partial charge in [0.05, 0.1) is 11.4 Å². The third-order valence-corrected chi connectivity index (χ3v) is 2.70. The molecule has 0 spiro atoms. The molecule has 94 valence electrons. The van der Waals surface area contributed by atoms with Crippen LogP contribution in [0, 0.1) is 13.8 Å². The van der Waals surface area contributed by atoms with E-state index in [1.165, 1.54) is 21.6 Å². The second kappa shape index (κ2) is 4.10. The number of carboxylic acid groups (broad SMARTS) is 1. The van der Waals surface area contributed by atoms with Gasteiger partial charge in [-0.1, -0.05) is 0 Å². The van der Waals surface area contributed by atoms with Crippen molar-refractivity contribution in [3.05, 3.63) is 39.7 Å². The van der Waals surface area contributed by atoms with Crippen LogP contribution in [0.2, 0.25) is 0 Å². The SMILES string of the molecule is Cc1nn(-c2nccn(C)c2=O)c(C)c1C(=O)O. The predicted octanol–water partition coefficient (Wildman–Crippen LogP) is 0.281. The van der Waals surface area contributed by atoms with E-state index >= 15 is 0 Å². The Balaban J connectivity index is 2.74. The molecule has 1 N–H and O–H groups in total. The minimum Gasteiger partial charge on any atom is -0.478 e. The average molecular weight is 248 g/mol. The van der Waals surface area contributed by atoms with Crippen LogP contribution in [0.15, 0.2) is 17.2 Å². The quantitative estimate of drug-likeness (QED) is 0.824. The second-order valence-corrected chi connectivity index (χ2v) is 3.93. The maximum atomic E-state index is 11.9. The number of aryl methyl sites for hydroxylation is 2. The molecule has 0 amide bonds. The highest BCUT2D eigenvalue weighted by Gasteiger charge is 2.20.